The van der Waals surface area contributed by atoms with Crippen molar-refractivity contribution in [1.29, 1.82) is 0 Å². The molecular weight excluding hydrogens is 1060 g/mol. The SMILES string of the molecule is CC1(C)COC/C(=C(/N)C2CC2)NC1C(=O)N1CCC(O)C1.CN.CNC(CCC=O)COc1cccc(CCCCCNC(=O)CC(NC=O)c2ccc(-c3scnc3C)cc2)c1Cl.NC1CCCCC2CCC(C=O)N2C1=O. The fourth-order valence-corrected chi connectivity index (χ4v) is 11.6. The second-order valence-electron chi connectivity index (χ2n) is 21.9. The molecule has 11 N–H and O–H groups in total. The lowest BCUT2D eigenvalue weighted by Gasteiger charge is -2.34. The summed E-state index contributed by atoms with van der Waals surface area (Å²) in [7, 11) is 3.35. The van der Waals surface area contributed by atoms with Crippen molar-refractivity contribution in [2.24, 2.45) is 28.5 Å². The van der Waals surface area contributed by atoms with E-state index in [9.17, 15) is 33.9 Å². The lowest BCUT2D eigenvalue weighted by atomic mass is 9.84. The van der Waals surface area contributed by atoms with Gasteiger partial charge in [0.25, 0.3) is 0 Å². The van der Waals surface area contributed by atoms with Gasteiger partial charge in [0.2, 0.25) is 24.1 Å². The van der Waals surface area contributed by atoms with E-state index in [0.29, 0.717) is 81.8 Å². The molecule has 2 aromatic carbocycles. The minimum Gasteiger partial charge on any atom is -0.490 e. The number of thiazole rings is 1. The predicted octanol–water partition coefficient (Wildman–Crippen LogP) is 5.62. The smallest absolute Gasteiger partial charge is 0.245 e. The Morgan fingerprint density at radius 1 is 1.02 bits per heavy atom. The van der Waals surface area contributed by atoms with Gasteiger partial charge in [0.05, 0.1) is 70.7 Å². The topological polar surface area (TPSA) is 287 Å². The van der Waals surface area contributed by atoms with Crippen molar-refractivity contribution in [3.8, 4) is 16.2 Å². The number of aliphatic hydroxyl groups is 1. The Bertz CT molecular complexity index is 2470. The van der Waals surface area contributed by atoms with Gasteiger partial charge >= 0.3 is 0 Å². The number of hydrogen-bond donors (Lipinski definition) is 8. The number of halogens is 1. The molecule has 8 rings (SSSR count). The van der Waals surface area contributed by atoms with Gasteiger partial charge in [0.1, 0.15) is 31.0 Å². The van der Waals surface area contributed by atoms with Gasteiger partial charge in [-0.2, -0.15) is 0 Å². The third kappa shape index (κ3) is 19.3. The number of ether oxygens (including phenoxy) is 2. The number of nitrogens with zero attached hydrogens (tertiary/aromatic N) is 3. The molecule has 1 saturated carbocycles. The fraction of sp³-hybridized carbons (Fsp3) is 0.610. The van der Waals surface area contributed by atoms with E-state index in [1.807, 2.05) is 75.8 Å². The van der Waals surface area contributed by atoms with Gasteiger partial charge < -0.3 is 72.4 Å². The number of nitrogens with one attached hydrogen (secondary N) is 4. The van der Waals surface area contributed by atoms with Gasteiger partial charge in [0, 0.05) is 55.2 Å². The summed E-state index contributed by atoms with van der Waals surface area (Å²) >= 11 is 8.18. The highest BCUT2D eigenvalue weighted by molar-refractivity contribution is 7.13. The van der Waals surface area contributed by atoms with Crippen LogP contribution in [-0.2, 0) is 39.9 Å². The molecule has 0 spiro atoms. The number of unbranched alkanes of at least 4 members (excludes halogenated alkanes) is 2. The quantitative estimate of drug-likeness (QED) is 0.0448. The molecule has 7 unspecified atom stereocenters. The van der Waals surface area contributed by atoms with Crippen molar-refractivity contribution in [2.75, 3.05) is 53.6 Å². The first-order chi connectivity index (χ1) is 38.6. The number of hydrogen-bond acceptors (Lipinski definition) is 16. The Morgan fingerprint density at radius 2 is 1.77 bits per heavy atom. The first-order valence-electron chi connectivity index (χ1n) is 28.5. The zero-order chi connectivity index (χ0) is 58.2. The van der Waals surface area contributed by atoms with Crippen molar-refractivity contribution in [2.45, 2.75) is 166 Å². The summed E-state index contributed by atoms with van der Waals surface area (Å²) < 4.78 is 11.7. The zero-order valence-corrected chi connectivity index (χ0v) is 49.2. The van der Waals surface area contributed by atoms with Crippen molar-refractivity contribution in [1.82, 2.24) is 36.1 Å². The van der Waals surface area contributed by atoms with Gasteiger partial charge in [-0.05, 0) is 114 Å². The summed E-state index contributed by atoms with van der Waals surface area (Å²) in [5, 5.41) is 22.6. The zero-order valence-electron chi connectivity index (χ0n) is 47.6. The van der Waals surface area contributed by atoms with E-state index in [0.717, 1.165) is 128 Å². The van der Waals surface area contributed by atoms with Gasteiger partial charge in [0.15, 0.2) is 0 Å². The molecule has 1 aromatic heterocycles. The van der Waals surface area contributed by atoms with Crippen molar-refractivity contribution in [3.63, 3.8) is 0 Å². The lowest BCUT2D eigenvalue weighted by Crippen LogP contribution is -2.53. The second kappa shape index (κ2) is 33.4. The van der Waals surface area contributed by atoms with Crippen LogP contribution >= 0.6 is 22.9 Å². The molecule has 3 aromatic rings. The van der Waals surface area contributed by atoms with E-state index in [1.165, 1.54) is 7.05 Å². The number of likely N-dealkylation sites (N-methyl/N-ethyl adjacent to an activating group) is 1. The molecule has 7 atom stereocenters. The van der Waals surface area contributed by atoms with Gasteiger partial charge in [-0.1, -0.05) is 81.1 Å². The summed E-state index contributed by atoms with van der Waals surface area (Å²) in [6.45, 7) is 9.04. The Hall–Kier alpha value is -5.48. The van der Waals surface area contributed by atoms with Crippen LogP contribution in [-0.4, -0.2) is 146 Å². The summed E-state index contributed by atoms with van der Waals surface area (Å²) in [5.41, 5.74) is 23.7. The number of allylic oxidation sites excluding steroid dienone is 1. The first kappa shape index (κ1) is 65.3. The number of fused-ring (bicyclic) bond motifs is 1. The van der Waals surface area contributed by atoms with Crippen LogP contribution in [0.4, 0.5) is 0 Å². The Kier molecular flexibility index (Phi) is 27.3. The van der Waals surface area contributed by atoms with Crippen LogP contribution in [0.2, 0.25) is 5.02 Å². The van der Waals surface area contributed by atoms with E-state index in [4.69, 9.17) is 32.5 Å². The largest absolute Gasteiger partial charge is 0.490 e. The summed E-state index contributed by atoms with van der Waals surface area (Å²) in [5.74, 6) is 1.00. The van der Waals surface area contributed by atoms with Crippen LogP contribution in [0.5, 0.6) is 5.75 Å². The standard InChI is InChI=1S/C31H39ClN4O4S.C16H27N3O3.C11H18N2O2.CH5N/c1-22-31(41-21-36-22)25-14-12-23(13-15-25)27(35-20-38)18-29(39)34-16-5-3-4-8-24-9-6-11-28(30(24)32)40-19-26(33-2)10-7-17-37;1-16(2)9-22-8-12(13(17)10-3-4-10)18-14(16)15(21)19-6-5-11(20)7-19;12-10-4-2-1-3-8-5-6-9(7-14)13(8)11(10)15;1-2/h6,9,11-15,17,20-21,26-27,33H,3-5,7-8,10,16,18-19H2,1-2H3,(H,34,39)(H,35,38);10-11,14,18,20H,3-9,17H2,1-2H3;7-10H,1-6,12H2;2H2,1H3/b;13-12-;;. The molecule has 1 aliphatic carbocycles. The highest BCUT2D eigenvalue weighted by Gasteiger charge is 2.43. The molecule has 4 amide bonds. The van der Waals surface area contributed by atoms with Crippen LogP contribution in [0.3, 0.4) is 0 Å². The van der Waals surface area contributed by atoms with E-state index in [-0.39, 0.29) is 53.7 Å². The number of aldehydes is 2. The lowest BCUT2D eigenvalue weighted by molar-refractivity contribution is -0.138. The highest BCUT2D eigenvalue weighted by atomic mass is 35.5. The Labute approximate surface area is 482 Å². The number of aryl methyl sites for hydroxylation is 2. The number of aliphatic hydroxyl groups excluding tert-OH is 1. The third-order valence-electron chi connectivity index (χ3n) is 15.4. The summed E-state index contributed by atoms with van der Waals surface area (Å²) in [4.78, 5) is 79.1. The maximum atomic E-state index is 12.9. The number of rotatable bonds is 22. The molecule has 5 aliphatic rings. The molecule has 19 nitrogen and oxygen atoms in total. The fourth-order valence-electron chi connectivity index (χ4n) is 10.5. The van der Waals surface area contributed by atoms with Crippen molar-refractivity contribution >= 4 is 59.6 Å². The summed E-state index contributed by atoms with van der Waals surface area (Å²) in [6.07, 6.45) is 15.5. The van der Waals surface area contributed by atoms with Gasteiger partial charge in [-0.25, -0.2) is 4.98 Å². The minimum atomic E-state index is -0.402. The van der Waals surface area contributed by atoms with Crippen LogP contribution in [0.15, 0.2) is 59.4 Å². The maximum absolute atomic E-state index is 12.9. The number of nitrogens with two attached hydrogens (primary N) is 3. The summed E-state index contributed by atoms with van der Waals surface area (Å²) in [6, 6.07) is 12.7. The molecule has 5 fully saturated rings. The van der Waals surface area contributed by atoms with Crippen molar-refractivity contribution < 1.29 is 43.3 Å². The number of carbonyl (C=O) groups excluding carboxylic acids is 6. The number of benzene rings is 2. The Balaban J connectivity index is 0.000000249. The van der Waals surface area contributed by atoms with Gasteiger partial charge in [-0.3, -0.25) is 19.2 Å². The molecule has 21 heteroatoms. The van der Waals surface area contributed by atoms with E-state index in [2.05, 4.69) is 32.0 Å². The highest BCUT2D eigenvalue weighted by Crippen LogP contribution is 2.37. The van der Waals surface area contributed by atoms with Crippen LogP contribution in [0.1, 0.15) is 133 Å². The van der Waals surface area contributed by atoms with E-state index < -0.39 is 18.2 Å². The molecule has 0 bridgehead atoms. The maximum Gasteiger partial charge on any atom is 0.245 e. The second-order valence-corrected chi connectivity index (χ2v) is 23.2. The number of likely N-dealkylation sites (tertiary alicyclic amines) is 1. The van der Waals surface area contributed by atoms with Crippen LogP contribution in [0.25, 0.3) is 10.4 Å². The third-order valence-corrected chi connectivity index (χ3v) is 16.8. The van der Waals surface area contributed by atoms with Gasteiger partial charge in [-0.15, -0.1) is 11.3 Å². The molecule has 5 heterocycles. The molecule has 0 radical (unpaired) electrons. The molecular formula is C59H89ClN10O9S. The normalized spacial score (nSPS) is 22.7. The number of carbonyl (C=O) groups is 6. The van der Waals surface area contributed by atoms with E-state index in [1.54, 1.807) is 21.1 Å². The number of aromatic nitrogens is 1. The first-order valence-corrected chi connectivity index (χ1v) is 29.7. The van der Waals surface area contributed by atoms with Crippen LogP contribution in [0, 0.1) is 18.3 Å². The average molecular weight is 1150 g/mol. The molecule has 80 heavy (non-hydrogen) atoms. The van der Waals surface area contributed by atoms with Crippen molar-refractivity contribution in [3.05, 3.63) is 81.2 Å². The Morgan fingerprint density at radius 3 is 2.42 bits per heavy atom. The van der Waals surface area contributed by atoms with E-state index >= 15 is 0 Å². The average Bonchev–Trinajstić information content (AvgIpc) is 3.95. The molecule has 4 saturated heterocycles. The minimum absolute atomic E-state index is 0.0192. The number of amides is 4. The van der Waals surface area contributed by atoms with Crippen LogP contribution < -0.4 is 43.2 Å². The molecule has 4 aliphatic heterocycles. The monoisotopic (exact) mass is 1150 g/mol. The molecule has 442 valence electrons. The predicted molar refractivity (Wildman–Crippen MR) is 313 cm³/mol. The number of β-amino-alcohol motifs (C(OH)–C–C–N with tert-alkyl or cyclic N) is 1.